The summed E-state index contributed by atoms with van der Waals surface area (Å²) >= 11 is 0. The van der Waals surface area contributed by atoms with E-state index in [1.54, 1.807) is 17.0 Å². The van der Waals surface area contributed by atoms with Crippen LogP contribution in [0.1, 0.15) is 54.7 Å². The SMILES string of the molecule is CCN(CC)C(=O)c1ccc(C2=CC3(CCCNCC3)Oc3ccccc32)c(=O)[nH]1. The van der Waals surface area contributed by atoms with Gasteiger partial charge < -0.3 is 19.9 Å². The zero-order valence-corrected chi connectivity index (χ0v) is 17.7. The van der Waals surface area contributed by atoms with Crippen molar-refractivity contribution in [1.29, 1.82) is 0 Å². The van der Waals surface area contributed by atoms with Crippen molar-refractivity contribution >= 4 is 11.5 Å². The molecule has 6 heteroatoms. The van der Waals surface area contributed by atoms with E-state index in [4.69, 9.17) is 4.74 Å². The second-order valence-corrected chi connectivity index (χ2v) is 7.92. The average Bonchev–Trinajstić information content (AvgIpc) is 2.99. The number of H-pyrrole nitrogens is 1. The Morgan fingerprint density at radius 3 is 2.63 bits per heavy atom. The number of hydrogen-bond acceptors (Lipinski definition) is 4. The lowest BCUT2D eigenvalue weighted by molar-refractivity contribution is 0.0766. The minimum absolute atomic E-state index is 0.156. The summed E-state index contributed by atoms with van der Waals surface area (Å²) in [5, 5.41) is 3.43. The van der Waals surface area contributed by atoms with Crippen LogP contribution in [0.3, 0.4) is 0 Å². The lowest BCUT2D eigenvalue weighted by Crippen LogP contribution is -2.38. The van der Waals surface area contributed by atoms with Crippen molar-refractivity contribution in [3.8, 4) is 5.75 Å². The van der Waals surface area contributed by atoms with Gasteiger partial charge in [0.05, 0.1) is 0 Å². The van der Waals surface area contributed by atoms with Crippen LogP contribution in [-0.2, 0) is 0 Å². The summed E-state index contributed by atoms with van der Waals surface area (Å²) in [6.07, 6.45) is 4.88. The fourth-order valence-corrected chi connectivity index (χ4v) is 4.39. The molecule has 0 radical (unpaired) electrons. The van der Waals surface area contributed by atoms with Crippen molar-refractivity contribution in [2.45, 2.75) is 38.7 Å². The molecule has 2 aromatic rings. The molecule has 0 aliphatic carbocycles. The van der Waals surface area contributed by atoms with Crippen LogP contribution in [0.25, 0.3) is 5.57 Å². The first-order valence-corrected chi connectivity index (χ1v) is 10.8. The van der Waals surface area contributed by atoms with Gasteiger partial charge in [-0.25, -0.2) is 0 Å². The van der Waals surface area contributed by atoms with Crippen LogP contribution in [-0.4, -0.2) is 47.6 Å². The number of carbonyl (C=O) groups excluding carboxylic acids is 1. The summed E-state index contributed by atoms with van der Waals surface area (Å²) < 4.78 is 6.47. The summed E-state index contributed by atoms with van der Waals surface area (Å²) in [6.45, 7) is 6.91. The number of benzene rings is 1. The fourth-order valence-electron chi connectivity index (χ4n) is 4.39. The molecule has 1 amide bonds. The molecule has 6 nitrogen and oxygen atoms in total. The Hall–Kier alpha value is -2.86. The van der Waals surface area contributed by atoms with Crippen molar-refractivity contribution in [2.24, 2.45) is 0 Å². The number of amides is 1. The molecule has 0 bridgehead atoms. The monoisotopic (exact) mass is 407 g/mol. The Morgan fingerprint density at radius 1 is 1.07 bits per heavy atom. The Balaban J connectivity index is 1.78. The highest BCUT2D eigenvalue weighted by Crippen LogP contribution is 2.42. The van der Waals surface area contributed by atoms with Crippen molar-refractivity contribution in [1.82, 2.24) is 15.2 Å². The van der Waals surface area contributed by atoms with Crippen LogP contribution >= 0.6 is 0 Å². The quantitative estimate of drug-likeness (QED) is 0.816. The van der Waals surface area contributed by atoms with E-state index >= 15 is 0 Å². The van der Waals surface area contributed by atoms with Gasteiger partial charge in [0, 0.05) is 30.6 Å². The molecule has 2 N–H and O–H groups in total. The summed E-state index contributed by atoms with van der Waals surface area (Å²) in [5.74, 6) is 0.649. The molecule has 1 unspecified atom stereocenters. The van der Waals surface area contributed by atoms with E-state index in [0.29, 0.717) is 24.3 Å². The van der Waals surface area contributed by atoms with Crippen LogP contribution in [0.15, 0.2) is 47.3 Å². The summed E-state index contributed by atoms with van der Waals surface area (Å²) in [5.41, 5.74) is 2.00. The molecule has 158 valence electrons. The van der Waals surface area contributed by atoms with Gasteiger partial charge >= 0.3 is 0 Å². The van der Waals surface area contributed by atoms with E-state index in [-0.39, 0.29) is 11.5 Å². The topological polar surface area (TPSA) is 74.4 Å². The van der Waals surface area contributed by atoms with Crippen molar-refractivity contribution in [2.75, 3.05) is 26.2 Å². The normalized spacial score (nSPS) is 20.7. The van der Waals surface area contributed by atoms with Gasteiger partial charge in [0.25, 0.3) is 11.5 Å². The van der Waals surface area contributed by atoms with E-state index in [2.05, 4.69) is 16.4 Å². The number of aromatic nitrogens is 1. The van der Waals surface area contributed by atoms with E-state index < -0.39 is 5.60 Å². The molecule has 4 rings (SSSR count). The molecule has 30 heavy (non-hydrogen) atoms. The largest absolute Gasteiger partial charge is 0.482 e. The first-order chi connectivity index (χ1) is 14.6. The van der Waals surface area contributed by atoms with Gasteiger partial charge in [0.1, 0.15) is 17.0 Å². The smallest absolute Gasteiger partial charge is 0.270 e. The molecule has 1 aromatic carbocycles. The van der Waals surface area contributed by atoms with Crippen LogP contribution in [0.4, 0.5) is 0 Å². The standard InChI is InChI=1S/C24H29N3O3/c1-3-27(4-2)23(29)20-11-10-18(22(28)26-20)19-16-24(12-7-14-25-15-13-24)30-21-9-6-5-8-17(19)21/h5-6,8-11,16,25H,3-4,7,12-15H2,1-2H3,(H,26,28). The first-order valence-electron chi connectivity index (χ1n) is 10.8. The highest BCUT2D eigenvalue weighted by Gasteiger charge is 2.36. The van der Waals surface area contributed by atoms with Gasteiger partial charge in [-0.2, -0.15) is 0 Å². The number of fused-ring (bicyclic) bond motifs is 1. The highest BCUT2D eigenvalue weighted by atomic mass is 16.5. The lowest BCUT2D eigenvalue weighted by atomic mass is 9.84. The van der Waals surface area contributed by atoms with Crippen LogP contribution in [0, 0.1) is 0 Å². The van der Waals surface area contributed by atoms with E-state index in [1.807, 2.05) is 38.1 Å². The number of nitrogens with zero attached hydrogens (tertiary/aromatic N) is 1. The Bertz CT molecular complexity index is 1010. The maximum absolute atomic E-state index is 13.1. The van der Waals surface area contributed by atoms with E-state index in [9.17, 15) is 9.59 Å². The molecule has 2 aliphatic rings. The van der Waals surface area contributed by atoms with Gasteiger partial charge in [0.15, 0.2) is 0 Å². The molecular formula is C24H29N3O3. The zero-order chi connectivity index (χ0) is 21.1. The Kier molecular flexibility index (Phi) is 5.77. The predicted molar refractivity (Wildman–Crippen MR) is 118 cm³/mol. The number of nitrogens with one attached hydrogen (secondary N) is 2. The van der Waals surface area contributed by atoms with Gasteiger partial charge in [0.2, 0.25) is 0 Å². The number of para-hydroxylation sites is 1. The fraction of sp³-hybridized carbons (Fsp3) is 0.417. The average molecular weight is 408 g/mol. The van der Waals surface area contributed by atoms with Crippen molar-refractivity contribution in [3.63, 3.8) is 0 Å². The molecule has 1 spiro atoms. The third-order valence-electron chi connectivity index (χ3n) is 6.06. The maximum atomic E-state index is 13.1. The molecule has 1 saturated heterocycles. The summed E-state index contributed by atoms with van der Waals surface area (Å²) in [4.78, 5) is 30.2. The number of ether oxygens (including phenoxy) is 1. The van der Waals surface area contributed by atoms with E-state index in [0.717, 1.165) is 49.2 Å². The Morgan fingerprint density at radius 2 is 1.87 bits per heavy atom. The molecular weight excluding hydrogens is 378 g/mol. The molecule has 3 heterocycles. The molecule has 2 aliphatic heterocycles. The van der Waals surface area contributed by atoms with Gasteiger partial charge in [-0.1, -0.05) is 18.2 Å². The van der Waals surface area contributed by atoms with Crippen molar-refractivity contribution < 1.29 is 9.53 Å². The molecule has 1 aromatic heterocycles. The maximum Gasteiger partial charge on any atom is 0.270 e. The molecule has 0 saturated carbocycles. The van der Waals surface area contributed by atoms with Gasteiger partial charge in [-0.3, -0.25) is 9.59 Å². The summed E-state index contributed by atoms with van der Waals surface area (Å²) in [6, 6.07) is 11.4. The zero-order valence-electron chi connectivity index (χ0n) is 17.7. The van der Waals surface area contributed by atoms with Crippen molar-refractivity contribution in [3.05, 3.63) is 69.6 Å². The lowest BCUT2D eigenvalue weighted by Gasteiger charge is -2.36. The minimum Gasteiger partial charge on any atom is -0.482 e. The predicted octanol–water partition coefficient (Wildman–Crippen LogP) is 3.19. The van der Waals surface area contributed by atoms with Gasteiger partial charge in [-0.15, -0.1) is 0 Å². The van der Waals surface area contributed by atoms with Gasteiger partial charge in [-0.05, 0) is 69.6 Å². The number of aromatic amines is 1. The number of rotatable bonds is 4. The van der Waals surface area contributed by atoms with E-state index in [1.165, 1.54) is 0 Å². The second kappa shape index (κ2) is 8.48. The number of pyridine rings is 1. The first kappa shape index (κ1) is 20.4. The summed E-state index contributed by atoms with van der Waals surface area (Å²) in [7, 11) is 0. The number of carbonyl (C=O) groups is 1. The Labute approximate surface area is 176 Å². The van der Waals surface area contributed by atoms with Crippen LogP contribution in [0.5, 0.6) is 5.75 Å². The third kappa shape index (κ3) is 3.79. The molecule has 1 atom stereocenters. The second-order valence-electron chi connectivity index (χ2n) is 7.92. The molecule has 1 fully saturated rings. The number of hydrogen-bond donors (Lipinski definition) is 2. The van der Waals surface area contributed by atoms with Crippen LogP contribution in [0.2, 0.25) is 0 Å². The third-order valence-corrected chi connectivity index (χ3v) is 6.06. The minimum atomic E-state index is -0.421. The van der Waals surface area contributed by atoms with Crippen LogP contribution < -0.4 is 15.6 Å². The highest BCUT2D eigenvalue weighted by molar-refractivity contribution is 5.93.